The van der Waals surface area contributed by atoms with Gasteiger partial charge >= 0.3 is 0 Å². The van der Waals surface area contributed by atoms with Gasteiger partial charge in [-0.15, -0.1) is 11.3 Å². The van der Waals surface area contributed by atoms with Gasteiger partial charge in [0.15, 0.2) is 5.13 Å². The Bertz CT molecular complexity index is 792. The highest BCUT2D eigenvalue weighted by Crippen LogP contribution is 2.20. The highest BCUT2D eigenvalue weighted by atomic mass is 35.5. The van der Waals surface area contributed by atoms with Crippen LogP contribution in [0.4, 0.5) is 16.5 Å². The SMILES string of the molecule is O=C(Nc1ccnc(Cl)c1)c1cccc(Nc2nccs2)c1. The Morgan fingerprint density at radius 1 is 1.09 bits per heavy atom. The number of benzene rings is 1. The van der Waals surface area contributed by atoms with Crippen LogP contribution in [0, 0.1) is 0 Å². The molecule has 0 saturated heterocycles. The average molecular weight is 331 g/mol. The molecule has 22 heavy (non-hydrogen) atoms. The molecule has 0 radical (unpaired) electrons. The Morgan fingerprint density at radius 2 is 2.00 bits per heavy atom. The Hall–Kier alpha value is -2.44. The van der Waals surface area contributed by atoms with E-state index in [2.05, 4.69) is 20.6 Å². The van der Waals surface area contributed by atoms with Gasteiger partial charge in [-0.3, -0.25) is 4.79 Å². The lowest BCUT2D eigenvalue weighted by atomic mass is 10.2. The van der Waals surface area contributed by atoms with Crippen molar-refractivity contribution in [3.63, 3.8) is 0 Å². The number of halogens is 1. The van der Waals surface area contributed by atoms with Crippen LogP contribution < -0.4 is 10.6 Å². The van der Waals surface area contributed by atoms with Crippen molar-refractivity contribution in [2.24, 2.45) is 0 Å². The minimum atomic E-state index is -0.218. The molecule has 0 bridgehead atoms. The summed E-state index contributed by atoms with van der Waals surface area (Å²) in [5.74, 6) is -0.218. The molecule has 0 aliphatic heterocycles. The molecule has 0 atom stereocenters. The van der Waals surface area contributed by atoms with Gasteiger partial charge < -0.3 is 10.6 Å². The molecule has 110 valence electrons. The number of nitrogens with zero attached hydrogens (tertiary/aromatic N) is 2. The molecule has 1 aromatic carbocycles. The lowest BCUT2D eigenvalue weighted by Crippen LogP contribution is -2.12. The number of anilines is 3. The van der Waals surface area contributed by atoms with E-state index in [-0.39, 0.29) is 5.91 Å². The second kappa shape index (κ2) is 6.55. The maximum absolute atomic E-state index is 12.3. The molecule has 0 spiro atoms. The molecule has 2 aromatic heterocycles. The lowest BCUT2D eigenvalue weighted by molar-refractivity contribution is 0.102. The van der Waals surface area contributed by atoms with Crippen LogP contribution in [-0.4, -0.2) is 15.9 Å². The largest absolute Gasteiger partial charge is 0.332 e. The number of hydrogen-bond donors (Lipinski definition) is 2. The second-order valence-corrected chi connectivity index (χ2v) is 5.65. The zero-order valence-corrected chi connectivity index (χ0v) is 12.9. The number of carbonyl (C=O) groups excluding carboxylic acids is 1. The molecule has 0 fully saturated rings. The van der Waals surface area contributed by atoms with Crippen LogP contribution in [0.25, 0.3) is 0 Å². The van der Waals surface area contributed by atoms with Crippen LogP contribution in [0.5, 0.6) is 0 Å². The van der Waals surface area contributed by atoms with Gasteiger partial charge in [-0.1, -0.05) is 17.7 Å². The van der Waals surface area contributed by atoms with Crippen molar-refractivity contribution in [1.82, 2.24) is 9.97 Å². The van der Waals surface area contributed by atoms with Gasteiger partial charge in [-0.25, -0.2) is 9.97 Å². The quantitative estimate of drug-likeness (QED) is 0.704. The summed E-state index contributed by atoms with van der Waals surface area (Å²) >= 11 is 7.29. The first-order valence-corrected chi connectivity index (χ1v) is 7.66. The van der Waals surface area contributed by atoms with Crippen molar-refractivity contribution in [2.45, 2.75) is 0 Å². The normalized spacial score (nSPS) is 10.2. The highest BCUT2D eigenvalue weighted by molar-refractivity contribution is 7.13. The summed E-state index contributed by atoms with van der Waals surface area (Å²) in [5, 5.41) is 8.92. The number of amides is 1. The second-order valence-electron chi connectivity index (χ2n) is 4.36. The predicted octanol–water partition coefficient (Wildman–Crippen LogP) is 4.19. The summed E-state index contributed by atoms with van der Waals surface area (Å²) in [5.41, 5.74) is 1.94. The Morgan fingerprint density at radius 3 is 2.77 bits per heavy atom. The molecular weight excluding hydrogens is 320 g/mol. The van der Waals surface area contributed by atoms with E-state index < -0.39 is 0 Å². The van der Waals surface area contributed by atoms with E-state index in [1.165, 1.54) is 11.3 Å². The van der Waals surface area contributed by atoms with Gasteiger partial charge in [0.25, 0.3) is 5.91 Å². The molecule has 0 aliphatic carbocycles. The zero-order valence-electron chi connectivity index (χ0n) is 11.3. The summed E-state index contributed by atoms with van der Waals surface area (Å²) in [6.45, 7) is 0. The number of rotatable bonds is 4. The standard InChI is InChI=1S/C15H11ClN4OS/c16-13-9-12(4-5-17-13)19-14(21)10-2-1-3-11(8-10)20-15-18-6-7-22-15/h1-9H,(H,18,20)(H,17,19,21). The predicted molar refractivity (Wildman–Crippen MR) is 89.0 cm³/mol. The number of pyridine rings is 1. The van der Waals surface area contributed by atoms with Gasteiger partial charge in [0, 0.05) is 34.7 Å². The molecule has 7 heteroatoms. The third-order valence-electron chi connectivity index (χ3n) is 2.79. The van der Waals surface area contributed by atoms with Crippen molar-refractivity contribution in [2.75, 3.05) is 10.6 Å². The van der Waals surface area contributed by atoms with Crippen molar-refractivity contribution in [3.8, 4) is 0 Å². The van der Waals surface area contributed by atoms with Crippen LogP contribution in [0.1, 0.15) is 10.4 Å². The number of hydrogen-bond acceptors (Lipinski definition) is 5. The molecule has 1 amide bonds. The number of carbonyl (C=O) groups is 1. The first-order chi connectivity index (χ1) is 10.7. The van der Waals surface area contributed by atoms with Crippen molar-refractivity contribution in [1.29, 1.82) is 0 Å². The number of aromatic nitrogens is 2. The first kappa shape index (κ1) is 14.5. The molecule has 0 saturated carbocycles. The van der Waals surface area contributed by atoms with E-state index in [9.17, 15) is 4.79 Å². The van der Waals surface area contributed by atoms with Gasteiger partial charge in [0.1, 0.15) is 5.15 Å². The highest BCUT2D eigenvalue weighted by Gasteiger charge is 2.08. The van der Waals surface area contributed by atoms with E-state index in [1.54, 1.807) is 36.7 Å². The zero-order chi connectivity index (χ0) is 15.4. The lowest BCUT2D eigenvalue weighted by Gasteiger charge is -2.07. The minimum absolute atomic E-state index is 0.218. The summed E-state index contributed by atoms with van der Waals surface area (Å²) in [7, 11) is 0. The van der Waals surface area contributed by atoms with Crippen molar-refractivity contribution < 1.29 is 4.79 Å². The van der Waals surface area contributed by atoms with Crippen molar-refractivity contribution >= 4 is 45.4 Å². The molecule has 3 aromatic rings. The van der Waals surface area contributed by atoms with Gasteiger partial charge in [0.2, 0.25) is 0 Å². The van der Waals surface area contributed by atoms with Gasteiger partial charge in [-0.05, 0) is 30.3 Å². The van der Waals surface area contributed by atoms with E-state index in [1.807, 2.05) is 17.5 Å². The number of thiazole rings is 1. The van der Waals surface area contributed by atoms with Crippen LogP contribution >= 0.6 is 22.9 Å². The molecule has 0 unspecified atom stereocenters. The summed E-state index contributed by atoms with van der Waals surface area (Å²) in [6, 6.07) is 10.5. The van der Waals surface area contributed by atoms with E-state index in [4.69, 9.17) is 11.6 Å². The molecule has 2 N–H and O–H groups in total. The van der Waals surface area contributed by atoms with E-state index in [0.717, 1.165) is 10.8 Å². The Labute approximate surface area is 136 Å². The third-order valence-corrected chi connectivity index (χ3v) is 3.69. The van der Waals surface area contributed by atoms with Crippen LogP contribution in [0.15, 0.2) is 54.2 Å². The number of nitrogens with one attached hydrogen (secondary N) is 2. The summed E-state index contributed by atoms with van der Waals surface area (Å²) < 4.78 is 0. The third kappa shape index (κ3) is 3.60. The maximum Gasteiger partial charge on any atom is 0.255 e. The maximum atomic E-state index is 12.3. The smallest absolute Gasteiger partial charge is 0.255 e. The minimum Gasteiger partial charge on any atom is -0.332 e. The van der Waals surface area contributed by atoms with Crippen LogP contribution in [0.3, 0.4) is 0 Å². The van der Waals surface area contributed by atoms with Crippen molar-refractivity contribution in [3.05, 3.63) is 64.9 Å². The summed E-state index contributed by atoms with van der Waals surface area (Å²) in [4.78, 5) is 20.3. The van der Waals surface area contributed by atoms with Gasteiger partial charge in [0.05, 0.1) is 0 Å². The Balaban J connectivity index is 1.75. The van der Waals surface area contributed by atoms with E-state index >= 15 is 0 Å². The Kier molecular flexibility index (Phi) is 4.32. The first-order valence-electron chi connectivity index (χ1n) is 6.40. The fourth-order valence-electron chi connectivity index (χ4n) is 1.83. The molecule has 5 nitrogen and oxygen atoms in total. The topological polar surface area (TPSA) is 66.9 Å². The molecular formula is C15H11ClN4OS. The molecule has 3 rings (SSSR count). The molecule has 2 heterocycles. The van der Waals surface area contributed by atoms with Crippen LogP contribution in [0.2, 0.25) is 5.15 Å². The average Bonchev–Trinajstić information content (AvgIpc) is 3.00. The summed E-state index contributed by atoms with van der Waals surface area (Å²) in [6.07, 6.45) is 3.26. The van der Waals surface area contributed by atoms with Gasteiger partial charge in [-0.2, -0.15) is 0 Å². The molecule has 0 aliphatic rings. The van der Waals surface area contributed by atoms with E-state index in [0.29, 0.717) is 16.4 Å². The van der Waals surface area contributed by atoms with Crippen LogP contribution in [-0.2, 0) is 0 Å². The monoisotopic (exact) mass is 330 g/mol. The fourth-order valence-corrected chi connectivity index (χ4v) is 2.55. The fraction of sp³-hybridized carbons (Fsp3) is 0.